The second kappa shape index (κ2) is 3.69. The molecule has 2 rings (SSSR count). The lowest BCUT2D eigenvalue weighted by Gasteiger charge is -2.19. The van der Waals surface area contributed by atoms with Gasteiger partial charge < -0.3 is 10.5 Å². The molecule has 2 heterocycles. The van der Waals surface area contributed by atoms with E-state index < -0.39 is 11.6 Å². The molecule has 17 heavy (non-hydrogen) atoms. The maximum Gasteiger partial charge on any atom is 0.363 e. The van der Waals surface area contributed by atoms with Crippen LogP contribution in [0.1, 0.15) is 31.3 Å². The van der Waals surface area contributed by atoms with Crippen molar-refractivity contribution in [2.75, 3.05) is 5.73 Å². The lowest BCUT2D eigenvalue weighted by Crippen LogP contribution is -2.26. The Morgan fingerprint density at radius 3 is 2.76 bits per heavy atom. The number of carbonyl (C=O) groups excluding carboxylic acids is 1. The van der Waals surface area contributed by atoms with Crippen LogP contribution in [0.25, 0.3) is 5.78 Å². The number of fused-ring (bicyclic) bond motifs is 1. The molecule has 0 unspecified atom stereocenters. The maximum atomic E-state index is 11.8. The van der Waals surface area contributed by atoms with Gasteiger partial charge in [-0.05, 0) is 20.8 Å². The van der Waals surface area contributed by atoms with E-state index >= 15 is 0 Å². The number of nitrogen functional groups attached to an aromatic ring is 1. The van der Waals surface area contributed by atoms with Crippen LogP contribution >= 0.6 is 0 Å². The second-order valence-corrected chi connectivity index (χ2v) is 4.53. The van der Waals surface area contributed by atoms with E-state index in [1.54, 1.807) is 27.0 Å². The molecule has 0 aliphatic heterocycles. The van der Waals surface area contributed by atoms with Crippen LogP contribution in [-0.4, -0.2) is 31.2 Å². The van der Waals surface area contributed by atoms with E-state index in [0.29, 0.717) is 5.78 Å². The molecule has 2 aromatic heterocycles. The minimum Gasteiger partial charge on any atom is -0.455 e. The molecule has 0 saturated heterocycles. The number of hydrogen-bond donors (Lipinski definition) is 1. The number of esters is 1. The van der Waals surface area contributed by atoms with Gasteiger partial charge in [0.15, 0.2) is 0 Å². The summed E-state index contributed by atoms with van der Waals surface area (Å²) in [6.07, 6.45) is 3.13. The van der Waals surface area contributed by atoms with Gasteiger partial charge in [0.2, 0.25) is 5.69 Å². The molecule has 0 aliphatic carbocycles. The summed E-state index contributed by atoms with van der Waals surface area (Å²) < 4.78 is 6.65. The predicted molar refractivity (Wildman–Crippen MR) is 60.4 cm³/mol. The van der Waals surface area contributed by atoms with E-state index in [9.17, 15) is 4.79 Å². The van der Waals surface area contributed by atoms with Gasteiger partial charge in [-0.2, -0.15) is 0 Å². The molecule has 0 aliphatic rings. The van der Waals surface area contributed by atoms with Crippen molar-refractivity contribution in [2.24, 2.45) is 0 Å². The average molecular weight is 235 g/mol. The largest absolute Gasteiger partial charge is 0.455 e. The Bertz CT molecular complexity index is 570. The fraction of sp³-hybridized carbons (Fsp3) is 0.400. The van der Waals surface area contributed by atoms with Gasteiger partial charge in [-0.15, -0.1) is 10.2 Å². The van der Waals surface area contributed by atoms with Crippen LogP contribution in [0.3, 0.4) is 0 Å². The third kappa shape index (κ3) is 2.17. The van der Waals surface area contributed by atoms with E-state index in [0.717, 1.165) is 0 Å². The first-order valence-corrected chi connectivity index (χ1v) is 5.07. The number of aromatic nitrogens is 4. The standard InChI is InChI=1S/C10H13N5O2/c1-10(2,3)17-8(16)6-7(11)15-5-4-12-9(15)14-13-6/h4-5H,11H2,1-3H3. The van der Waals surface area contributed by atoms with Gasteiger partial charge in [-0.3, -0.25) is 4.40 Å². The number of hydrogen-bond acceptors (Lipinski definition) is 6. The Morgan fingerprint density at radius 1 is 1.41 bits per heavy atom. The van der Waals surface area contributed by atoms with Gasteiger partial charge in [-0.25, -0.2) is 9.78 Å². The van der Waals surface area contributed by atoms with Crippen molar-refractivity contribution < 1.29 is 9.53 Å². The average Bonchev–Trinajstić information content (AvgIpc) is 2.63. The number of anilines is 1. The topological polar surface area (TPSA) is 95.4 Å². The van der Waals surface area contributed by atoms with Gasteiger partial charge in [0.05, 0.1) is 0 Å². The Balaban J connectivity index is 2.42. The Labute approximate surface area is 97.6 Å². The first-order chi connectivity index (χ1) is 7.88. The number of nitrogens with two attached hydrogens (primary N) is 1. The molecule has 0 radical (unpaired) electrons. The van der Waals surface area contributed by atoms with Gasteiger partial charge in [0.25, 0.3) is 5.78 Å². The Morgan fingerprint density at radius 2 is 2.12 bits per heavy atom. The van der Waals surface area contributed by atoms with Crippen LogP contribution in [0.15, 0.2) is 12.4 Å². The van der Waals surface area contributed by atoms with Gasteiger partial charge >= 0.3 is 5.97 Å². The summed E-state index contributed by atoms with van der Waals surface area (Å²) in [5, 5.41) is 7.50. The minimum atomic E-state index is -0.602. The first kappa shape index (κ1) is 11.3. The van der Waals surface area contributed by atoms with E-state index in [1.807, 2.05) is 0 Å². The van der Waals surface area contributed by atoms with Gasteiger partial charge in [0.1, 0.15) is 11.4 Å². The molecule has 2 N–H and O–H groups in total. The van der Waals surface area contributed by atoms with Crippen molar-refractivity contribution in [1.29, 1.82) is 0 Å². The van der Waals surface area contributed by atoms with Crippen molar-refractivity contribution in [3.63, 3.8) is 0 Å². The molecule has 0 amide bonds. The maximum absolute atomic E-state index is 11.8. The molecule has 0 atom stereocenters. The molecule has 0 aromatic carbocycles. The summed E-state index contributed by atoms with van der Waals surface area (Å²) >= 11 is 0. The number of rotatable bonds is 1. The highest BCUT2D eigenvalue weighted by Gasteiger charge is 2.23. The fourth-order valence-electron chi connectivity index (χ4n) is 1.29. The molecule has 7 nitrogen and oxygen atoms in total. The molecule has 90 valence electrons. The molecule has 2 aromatic rings. The van der Waals surface area contributed by atoms with E-state index in [4.69, 9.17) is 10.5 Å². The lowest BCUT2D eigenvalue weighted by atomic mass is 10.2. The van der Waals surface area contributed by atoms with Crippen LogP contribution in [0.2, 0.25) is 0 Å². The summed E-state index contributed by atoms with van der Waals surface area (Å²) in [6, 6.07) is 0. The summed E-state index contributed by atoms with van der Waals surface area (Å²) in [4.78, 5) is 15.7. The van der Waals surface area contributed by atoms with Crippen LogP contribution < -0.4 is 5.73 Å². The van der Waals surface area contributed by atoms with Crippen LogP contribution in [-0.2, 0) is 4.74 Å². The molecular formula is C10H13N5O2. The van der Waals surface area contributed by atoms with Crippen LogP contribution in [0, 0.1) is 0 Å². The quantitative estimate of drug-likeness (QED) is 0.729. The monoisotopic (exact) mass is 235 g/mol. The molecule has 0 saturated carbocycles. The number of nitrogens with zero attached hydrogens (tertiary/aromatic N) is 4. The molecule has 0 fully saturated rings. The highest BCUT2D eigenvalue weighted by atomic mass is 16.6. The normalized spacial score (nSPS) is 11.7. The third-order valence-electron chi connectivity index (χ3n) is 1.96. The van der Waals surface area contributed by atoms with Crippen LogP contribution in [0.4, 0.5) is 5.82 Å². The first-order valence-electron chi connectivity index (χ1n) is 5.07. The van der Waals surface area contributed by atoms with Crippen LogP contribution in [0.5, 0.6) is 0 Å². The van der Waals surface area contributed by atoms with Crippen molar-refractivity contribution in [3.8, 4) is 0 Å². The summed E-state index contributed by atoms with van der Waals surface area (Å²) in [6.45, 7) is 5.30. The molecule has 7 heteroatoms. The van der Waals surface area contributed by atoms with Gasteiger partial charge in [0, 0.05) is 12.4 Å². The minimum absolute atomic E-state index is 0.00887. The fourth-order valence-corrected chi connectivity index (χ4v) is 1.29. The second-order valence-electron chi connectivity index (χ2n) is 4.53. The lowest BCUT2D eigenvalue weighted by molar-refractivity contribution is 0.00625. The van der Waals surface area contributed by atoms with Crippen molar-refractivity contribution in [2.45, 2.75) is 26.4 Å². The Kier molecular flexibility index (Phi) is 2.45. The SMILES string of the molecule is CC(C)(C)OC(=O)c1nnc2nccn2c1N. The summed E-state index contributed by atoms with van der Waals surface area (Å²) in [7, 11) is 0. The summed E-state index contributed by atoms with van der Waals surface area (Å²) in [5.41, 5.74) is 5.19. The van der Waals surface area contributed by atoms with E-state index in [-0.39, 0.29) is 11.5 Å². The smallest absolute Gasteiger partial charge is 0.363 e. The Hall–Kier alpha value is -2.18. The molecule has 0 spiro atoms. The highest BCUT2D eigenvalue weighted by molar-refractivity contribution is 5.92. The molecular weight excluding hydrogens is 222 g/mol. The number of imidazole rings is 1. The van der Waals surface area contributed by atoms with Crippen molar-refractivity contribution in [1.82, 2.24) is 19.6 Å². The zero-order chi connectivity index (χ0) is 12.6. The van der Waals surface area contributed by atoms with Crippen molar-refractivity contribution in [3.05, 3.63) is 18.1 Å². The number of carbonyl (C=O) groups is 1. The molecule has 0 bridgehead atoms. The third-order valence-corrected chi connectivity index (χ3v) is 1.96. The van der Waals surface area contributed by atoms with E-state index in [2.05, 4.69) is 15.2 Å². The van der Waals surface area contributed by atoms with E-state index in [1.165, 1.54) is 10.6 Å². The zero-order valence-corrected chi connectivity index (χ0v) is 9.84. The predicted octanol–water partition coefficient (Wildman–Crippen LogP) is 0.662. The van der Waals surface area contributed by atoms with Crippen molar-refractivity contribution >= 4 is 17.6 Å². The number of ether oxygens (including phenoxy) is 1. The zero-order valence-electron chi connectivity index (χ0n) is 9.84. The summed E-state index contributed by atoms with van der Waals surface area (Å²) in [5.74, 6) is -0.0883. The highest BCUT2D eigenvalue weighted by Crippen LogP contribution is 2.15. The van der Waals surface area contributed by atoms with Gasteiger partial charge in [-0.1, -0.05) is 0 Å².